The number of rotatable bonds is 3. The number of hydrogen-bond acceptors (Lipinski definition) is 5. The molecule has 1 aromatic heterocycles. The van der Waals surface area contributed by atoms with Gasteiger partial charge in [0.25, 0.3) is 5.91 Å². The first-order valence-corrected chi connectivity index (χ1v) is 8.63. The molecular formula is C17H25N3O4. The lowest BCUT2D eigenvalue weighted by atomic mass is 9.78. The maximum absolute atomic E-state index is 12.6. The largest absolute Gasteiger partial charge is 0.465 e. The molecule has 24 heavy (non-hydrogen) atoms. The number of methoxy groups -OCH3 is 1. The molecule has 1 aliphatic carbocycles. The highest BCUT2D eigenvalue weighted by atomic mass is 16.5. The molecule has 7 heteroatoms. The van der Waals surface area contributed by atoms with Crippen LogP contribution in [0, 0.1) is 6.92 Å². The monoisotopic (exact) mass is 335 g/mol. The van der Waals surface area contributed by atoms with Crippen LogP contribution in [0.15, 0.2) is 0 Å². The highest BCUT2D eigenvalue weighted by Gasteiger charge is 2.39. The zero-order chi connectivity index (χ0) is 17.2. The topological polar surface area (TPSA) is 93.3 Å². The van der Waals surface area contributed by atoms with Crippen LogP contribution < -0.4 is 5.32 Å². The van der Waals surface area contributed by atoms with Crippen molar-refractivity contribution in [1.82, 2.24) is 15.5 Å². The van der Waals surface area contributed by atoms with Gasteiger partial charge in [-0.2, -0.15) is 5.10 Å². The highest BCUT2D eigenvalue weighted by Crippen LogP contribution is 2.38. The van der Waals surface area contributed by atoms with Gasteiger partial charge in [0.2, 0.25) is 0 Å². The van der Waals surface area contributed by atoms with E-state index < -0.39 is 5.97 Å². The number of carbonyl (C=O) groups is 2. The van der Waals surface area contributed by atoms with Gasteiger partial charge in [0.15, 0.2) is 5.69 Å². The molecule has 1 aliphatic heterocycles. The number of amides is 1. The Morgan fingerprint density at radius 1 is 1.33 bits per heavy atom. The van der Waals surface area contributed by atoms with Crippen molar-refractivity contribution in [1.29, 1.82) is 0 Å². The van der Waals surface area contributed by atoms with Crippen LogP contribution in [0.4, 0.5) is 0 Å². The van der Waals surface area contributed by atoms with Gasteiger partial charge in [0, 0.05) is 18.3 Å². The quantitative estimate of drug-likeness (QED) is 0.825. The molecule has 2 fully saturated rings. The van der Waals surface area contributed by atoms with Crippen molar-refractivity contribution >= 4 is 11.9 Å². The summed E-state index contributed by atoms with van der Waals surface area (Å²) in [5.74, 6) is -0.889. The lowest BCUT2D eigenvalue weighted by Gasteiger charge is -2.43. The Balaban J connectivity index is 1.70. The third kappa shape index (κ3) is 3.31. The molecule has 2 aliphatic rings. The van der Waals surface area contributed by atoms with Crippen molar-refractivity contribution < 1.29 is 19.1 Å². The normalized spacial score (nSPS) is 23.0. The van der Waals surface area contributed by atoms with Crippen molar-refractivity contribution in [3.63, 3.8) is 0 Å². The molecule has 1 spiro atoms. The molecule has 1 unspecified atom stereocenters. The molecule has 7 nitrogen and oxygen atoms in total. The Morgan fingerprint density at radius 2 is 2.08 bits per heavy atom. The van der Waals surface area contributed by atoms with Crippen LogP contribution in [-0.2, 0) is 9.47 Å². The molecule has 2 heterocycles. The molecule has 0 aromatic carbocycles. The second-order valence-corrected chi connectivity index (χ2v) is 6.82. The molecule has 132 valence electrons. The summed E-state index contributed by atoms with van der Waals surface area (Å²) < 4.78 is 10.8. The first-order chi connectivity index (χ1) is 11.5. The van der Waals surface area contributed by atoms with Gasteiger partial charge in [-0.1, -0.05) is 19.3 Å². The molecule has 0 bridgehead atoms. The summed E-state index contributed by atoms with van der Waals surface area (Å²) in [5.41, 5.74) is 0.752. The van der Waals surface area contributed by atoms with Crippen LogP contribution in [0.3, 0.4) is 0 Å². The Morgan fingerprint density at radius 3 is 2.79 bits per heavy atom. The summed E-state index contributed by atoms with van der Waals surface area (Å²) in [5, 5.41) is 9.71. The summed E-state index contributed by atoms with van der Waals surface area (Å²) >= 11 is 0. The Kier molecular flexibility index (Phi) is 4.89. The predicted octanol–water partition coefficient (Wildman–Crippen LogP) is 2.12. The predicted molar refractivity (Wildman–Crippen MR) is 86.9 cm³/mol. The first-order valence-electron chi connectivity index (χ1n) is 8.63. The number of esters is 1. The van der Waals surface area contributed by atoms with E-state index in [0.29, 0.717) is 12.3 Å². The van der Waals surface area contributed by atoms with Gasteiger partial charge in [-0.05, 0) is 32.6 Å². The fourth-order valence-corrected chi connectivity index (χ4v) is 3.89. The van der Waals surface area contributed by atoms with E-state index in [1.165, 1.54) is 26.4 Å². The minimum Gasteiger partial charge on any atom is -0.465 e. The molecule has 1 saturated carbocycles. The molecule has 1 amide bonds. The second kappa shape index (κ2) is 6.93. The summed E-state index contributed by atoms with van der Waals surface area (Å²) in [4.78, 5) is 24.5. The van der Waals surface area contributed by atoms with Crippen LogP contribution >= 0.6 is 0 Å². The third-order valence-corrected chi connectivity index (χ3v) is 5.14. The summed E-state index contributed by atoms with van der Waals surface area (Å²) in [6.07, 6.45) is 7.37. The zero-order valence-corrected chi connectivity index (χ0v) is 14.3. The van der Waals surface area contributed by atoms with E-state index in [1.54, 1.807) is 6.92 Å². The van der Waals surface area contributed by atoms with Gasteiger partial charge in [-0.15, -0.1) is 0 Å². The van der Waals surface area contributed by atoms with E-state index in [-0.39, 0.29) is 28.8 Å². The average molecular weight is 335 g/mol. The van der Waals surface area contributed by atoms with E-state index in [2.05, 4.69) is 15.5 Å². The van der Waals surface area contributed by atoms with E-state index in [0.717, 1.165) is 25.7 Å². The van der Waals surface area contributed by atoms with Gasteiger partial charge in [-0.25, -0.2) is 4.79 Å². The lowest BCUT2D eigenvalue weighted by Crippen LogP contribution is -2.49. The fraction of sp³-hybridized carbons (Fsp3) is 0.706. The van der Waals surface area contributed by atoms with Crippen molar-refractivity contribution in [2.45, 2.75) is 63.5 Å². The lowest BCUT2D eigenvalue weighted by molar-refractivity contribution is -0.108. The van der Waals surface area contributed by atoms with Crippen molar-refractivity contribution in [3.8, 4) is 0 Å². The summed E-state index contributed by atoms with van der Waals surface area (Å²) in [7, 11) is 1.29. The number of aryl methyl sites for hydroxylation is 1. The number of ether oxygens (including phenoxy) is 2. The zero-order valence-electron chi connectivity index (χ0n) is 14.3. The van der Waals surface area contributed by atoms with Crippen molar-refractivity contribution in [3.05, 3.63) is 17.0 Å². The van der Waals surface area contributed by atoms with E-state index >= 15 is 0 Å². The average Bonchev–Trinajstić information content (AvgIpc) is 2.97. The smallest absolute Gasteiger partial charge is 0.342 e. The standard InChI is InChI=1S/C17H25N3O4/c1-11-13(16(22)23-2)14(20-19-11)15(21)18-12-6-9-24-17(10-12)7-4-3-5-8-17/h12H,3-10H2,1-2H3,(H,18,21)(H,19,20). The SMILES string of the molecule is COC(=O)c1c(C(=O)NC2CCOC3(CCCCC3)C2)n[nH]c1C. The second-order valence-electron chi connectivity index (χ2n) is 6.82. The number of aromatic amines is 1. The van der Waals surface area contributed by atoms with Crippen LogP contribution in [0.2, 0.25) is 0 Å². The Labute approximate surface area is 141 Å². The first kappa shape index (κ1) is 17.0. The van der Waals surface area contributed by atoms with E-state index in [9.17, 15) is 9.59 Å². The number of H-pyrrole nitrogens is 1. The molecular weight excluding hydrogens is 310 g/mol. The third-order valence-electron chi connectivity index (χ3n) is 5.14. The van der Waals surface area contributed by atoms with Crippen LogP contribution in [0.25, 0.3) is 0 Å². The van der Waals surface area contributed by atoms with Gasteiger partial charge in [0.05, 0.1) is 12.7 Å². The number of nitrogens with zero attached hydrogens (tertiary/aromatic N) is 1. The summed E-state index contributed by atoms with van der Waals surface area (Å²) in [6, 6.07) is 0.0480. The van der Waals surface area contributed by atoms with Gasteiger partial charge >= 0.3 is 5.97 Å². The minimum absolute atomic E-state index is 0.0480. The van der Waals surface area contributed by atoms with Gasteiger partial charge in [-0.3, -0.25) is 9.89 Å². The maximum Gasteiger partial charge on any atom is 0.342 e. The van der Waals surface area contributed by atoms with E-state index in [1.807, 2.05) is 0 Å². The fourth-order valence-electron chi connectivity index (χ4n) is 3.89. The Bertz CT molecular complexity index is 614. The van der Waals surface area contributed by atoms with Crippen molar-refractivity contribution in [2.75, 3.05) is 13.7 Å². The van der Waals surface area contributed by atoms with E-state index in [4.69, 9.17) is 9.47 Å². The number of carbonyl (C=O) groups excluding carboxylic acids is 2. The van der Waals surface area contributed by atoms with Crippen molar-refractivity contribution in [2.24, 2.45) is 0 Å². The number of aromatic nitrogens is 2. The molecule has 0 radical (unpaired) electrons. The molecule has 1 aromatic rings. The Hall–Kier alpha value is -1.89. The number of hydrogen-bond donors (Lipinski definition) is 2. The van der Waals surface area contributed by atoms with Gasteiger partial charge in [0.1, 0.15) is 5.56 Å². The molecule has 3 rings (SSSR count). The molecule has 1 saturated heterocycles. The van der Waals surface area contributed by atoms with Gasteiger partial charge < -0.3 is 14.8 Å². The van der Waals surface area contributed by atoms with Crippen LogP contribution in [-0.4, -0.2) is 47.4 Å². The summed E-state index contributed by atoms with van der Waals surface area (Å²) in [6.45, 7) is 2.36. The van der Waals surface area contributed by atoms with Crippen LogP contribution in [0.5, 0.6) is 0 Å². The minimum atomic E-state index is -0.554. The maximum atomic E-state index is 12.6. The molecule has 1 atom stereocenters. The number of nitrogens with one attached hydrogen (secondary N) is 2. The highest BCUT2D eigenvalue weighted by molar-refractivity contribution is 6.04. The van der Waals surface area contributed by atoms with Crippen LogP contribution in [0.1, 0.15) is 71.5 Å². The molecule has 2 N–H and O–H groups in total.